The summed E-state index contributed by atoms with van der Waals surface area (Å²) in [6, 6.07) is -3.53. The number of rotatable bonds is 67. The number of hydrogen-bond acceptors (Lipinski definition) is 20. The van der Waals surface area contributed by atoms with Gasteiger partial charge in [0.2, 0.25) is 5.91 Å². The zero-order valence-corrected chi connectivity index (χ0v) is 65.4. The molecule has 0 aliphatic carbocycles. The van der Waals surface area contributed by atoms with Gasteiger partial charge in [-0.15, -0.1) is 0 Å². The molecule has 0 radical (unpaired) electrons. The Hall–Kier alpha value is -2.10. The van der Waals surface area contributed by atoms with Crippen LogP contribution in [0.3, 0.4) is 0 Å². The lowest BCUT2D eigenvalue weighted by atomic mass is 9.94. The average molecular weight is 1500 g/mol. The highest BCUT2D eigenvalue weighted by Gasteiger charge is 2.54. The van der Waals surface area contributed by atoms with Crippen LogP contribution in [0.5, 0.6) is 0 Å². The summed E-state index contributed by atoms with van der Waals surface area (Å²) in [6.45, 7) is 11.4. The highest BCUT2D eigenvalue weighted by atomic mass is 31.2. The quantitative estimate of drug-likeness (QED) is 0.00886. The van der Waals surface area contributed by atoms with Crippen molar-refractivity contribution in [2.75, 3.05) is 6.61 Å². The number of unbranched alkanes of at least 4 members (excludes halogenated alkanes) is 34. The number of ketones is 1. The highest BCUT2D eigenvalue weighted by Crippen LogP contribution is 2.44. The number of carbonyl (C=O) groups excluding carboxylic acids is 4. The summed E-state index contributed by atoms with van der Waals surface area (Å²) >= 11 is 0. The van der Waals surface area contributed by atoms with Crippen LogP contribution in [0.25, 0.3) is 0 Å². The van der Waals surface area contributed by atoms with E-state index in [9.17, 15) is 73.4 Å². The summed E-state index contributed by atoms with van der Waals surface area (Å²) in [6.07, 6.45) is 16.6. The van der Waals surface area contributed by atoms with E-state index in [1.54, 1.807) is 6.92 Å². The molecular formula is C75H144N2O23P2. The third-order valence-corrected chi connectivity index (χ3v) is 20.4. The fourth-order valence-electron chi connectivity index (χ4n) is 13.6. The molecule has 1 amide bonds. The molecular weight excluding hydrogens is 1360 g/mol. The van der Waals surface area contributed by atoms with E-state index >= 15 is 0 Å². The van der Waals surface area contributed by atoms with E-state index in [2.05, 4.69) is 45.3 Å². The number of amides is 1. The number of phosphoric acid groups is 2. The summed E-state index contributed by atoms with van der Waals surface area (Å²) in [5.74, 6) is -2.94. The second-order valence-corrected chi connectivity index (χ2v) is 31.4. The molecule has 0 spiro atoms. The van der Waals surface area contributed by atoms with Crippen molar-refractivity contribution >= 4 is 39.3 Å². The molecule has 2 fully saturated rings. The van der Waals surface area contributed by atoms with Crippen molar-refractivity contribution in [3.8, 4) is 0 Å². The van der Waals surface area contributed by atoms with Crippen molar-refractivity contribution in [1.82, 2.24) is 10.6 Å². The van der Waals surface area contributed by atoms with Gasteiger partial charge in [0, 0.05) is 25.7 Å². The number of nitrogens with one attached hydrogen (secondary N) is 2. The third kappa shape index (κ3) is 47.0. The van der Waals surface area contributed by atoms with E-state index < -0.39 is 151 Å². The number of aliphatic hydroxyl groups is 5. The Labute approximate surface area is 613 Å². The maximum atomic E-state index is 13.9. The monoisotopic (exact) mass is 1500 g/mol. The molecule has 0 saturated carbocycles. The van der Waals surface area contributed by atoms with Crippen LogP contribution < -0.4 is 10.6 Å². The SMILES string of the molecule is CCCCCCCCCCCCCC(=O)OC(CCCCCCCCCCC)CC(O)NC1C(OCC2OC(OP(=O)(O)O)C(NC(=O)CC(=O)CCCCCCCCCCC)C(OC(=O)CC(O)CCCCCCC)C2O)OC(CC)C(OP(=O)(O)O)C1OC(O)CC(O)CCCCCCC. The zero-order valence-electron chi connectivity index (χ0n) is 63.7. The number of ether oxygens (including phenoxy) is 6. The molecule has 2 heterocycles. The predicted molar refractivity (Wildman–Crippen MR) is 392 cm³/mol. The van der Waals surface area contributed by atoms with Crippen molar-refractivity contribution in [2.24, 2.45) is 0 Å². The van der Waals surface area contributed by atoms with E-state index in [1.807, 2.05) is 0 Å². The van der Waals surface area contributed by atoms with Crippen molar-refractivity contribution in [1.29, 1.82) is 0 Å². The Kier molecular flexibility index (Phi) is 55.4. The van der Waals surface area contributed by atoms with Gasteiger partial charge in [0.05, 0.1) is 43.8 Å². The Balaban J connectivity index is 2.68. The molecule has 0 bridgehead atoms. The molecule has 15 atom stereocenters. The molecule has 11 N–H and O–H groups in total. The van der Waals surface area contributed by atoms with E-state index in [4.69, 9.17) is 37.5 Å². The van der Waals surface area contributed by atoms with Gasteiger partial charge in [-0.1, -0.05) is 273 Å². The Morgan fingerprint density at radius 3 is 1.36 bits per heavy atom. The molecule has 0 aromatic heterocycles. The summed E-state index contributed by atoms with van der Waals surface area (Å²) in [4.78, 5) is 96.3. The van der Waals surface area contributed by atoms with Gasteiger partial charge < -0.3 is 78.8 Å². The van der Waals surface area contributed by atoms with E-state index in [0.29, 0.717) is 38.5 Å². The standard InChI is InChI=1S/C75H144N2O23P2/c1-7-13-18-23-26-29-30-33-36-41-46-51-65(83)94-60(50-45-40-35-32-28-25-20-15-9-3)55-64(82)77-69-73(98-67(85)54-59(80)49-43-38-22-17-11-5)71(99-101(87,88)89)61(12-6)95-74(69)93-56-62-70(86)72(97-66(84)53-58(79)48-42-37-21-16-10-4)68(75(96-62)100-102(90,91)92)76-63(81)52-57(78)47-44-39-34-31-27-24-19-14-8-2/h58-62,64,67-75,77,79-80,82,85-86H,7-56H2,1-6H3,(H,76,81)(H2,87,88,89)(H2,90,91,92). The predicted octanol–water partition coefficient (Wildman–Crippen LogP) is 14.2. The smallest absolute Gasteiger partial charge is 0.462 e. The van der Waals surface area contributed by atoms with E-state index in [0.717, 1.165) is 154 Å². The fraction of sp³-hybridized carbons (Fsp3) is 0.947. The first-order chi connectivity index (χ1) is 48.9. The number of esters is 2. The Morgan fingerprint density at radius 1 is 0.461 bits per heavy atom. The van der Waals surface area contributed by atoms with Gasteiger partial charge in [0.1, 0.15) is 48.6 Å². The summed E-state index contributed by atoms with van der Waals surface area (Å²) in [5, 5.41) is 64.0. The Bertz CT molecular complexity index is 2220. The van der Waals surface area contributed by atoms with Crippen molar-refractivity contribution < 1.29 is 111 Å². The minimum Gasteiger partial charge on any atom is -0.462 e. The fourth-order valence-corrected chi connectivity index (χ4v) is 14.6. The first-order valence-corrected chi connectivity index (χ1v) is 43.4. The molecule has 27 heteroatoms. The lowest BCUT2D eigenvalue weighted by molar-refractivity contribution is -0.310. The highest BCUT2D eigenvalue weighted by molar-refractivity contribution is 7.46. The van der Waals surface area contributed by atoms with Crippen LogP contribution in [0, 0.1) is 0 Å². The van der Waals surface area contributed by atoms with Crippen molar-refractivity contribution in [2.45, 2.75) is 448 Å². The van der Waals surface area contributed by atoms with E-state index in [-0.39, 0.29) is 44.9 Å². The van der Waals surface area contributed by atoms with Crippen molar-refractivity contribution in [3.63, 3.8) is 0 Å². The van der Waals surface area contributed by atoms with Gasteiger partial charge >= 0.3 is 27.6 Å². The molecule has 2 rings (SSSR count). The largest absolute Gasteiger partial charge is 0.472 e. The van der Waals surface area contributed by atoms with Gasteiger partial charge in [-0.25, -0.2) is 9.13 Å². The molecule has 602 valence electrons. The number of carbonyl (C=O) groups is 4. The first-order valence-electron chi connectivity index (χ1n) is 40.3. The van der Waals surface area contributed by atoms with Crippen LogP contribution in [0.15, 0.2) is 0 Å². The number of Topliss-reactive ketones (excluding diaryl/α,β-unsaturated/α-hetero) is 1. The Morgan fingerprint density at radius 2 is 0.892 bits per heavy atom. The molecule has 102 heavy (non-hydrogen) atoms. The summed E-state index contributed by atoms with van der Waals surface area (Å²) in [5.41, 5.74) is 0. The second kappa shape index (κ2) is 58.9. The maximum absolute atomic E-state index is 13.9. The van der Waals surface area contributed by atoms with Gasteiger partial charge in [-0.05, 0) is 44.9 Å². The molecule has 2 aliphatic heterocycles. The van der Waals surface area contributed by atoms with Gasteiger partial charge in [0.15, 0.2) is 25.0 Å². The molecule has 0 aromatic rings. The number of aliphatic hydroxyl groups excluding tert-OH is 5. The zero-order chi connectivity index (χ0) is 75.4. The molecule has 15 unspecified atom stereocenters. The third-order valence-electron chi connectivity index (χ3n) is 19.4. The van der Waals surface area contributed by atoms with Crippen LogP contribution in [0.4, 0.5) is 0 Å². The van der Waals surface area contributed by atoms with Crippen LogP contribution in [-0.2, 0) is 65.8 Å². The number of hydrogen-bond donors (Lipinski definition) is 11. The molecule has 2 aliphatic rings. The topological polar surface area (TPSA) is 382 Å². The lowest BCUT2D eigenvalue weighted by Gasteiger charge is -2.48. The van der Waals surface area contributed by atoms with Crippen LogP contribution in [0.1, 0.15) is 356 Å². The minimum atomic E-state index is -5.61. The summed E-state index contributed by atoms with van der Waals surface area (Å²) in [7, 11) is -11.1. The van der Waals surface area contributed by atoms with E-state index in [1.165, 1.54) is 64.2 Å². The van der Waals surface area contributed by atoms with Crippen LogP contribution in [0.2, 0.25) is 0 Å². The van der Waals surface area contributed by atoms with Gasteiger partial charge in [-0.2, -0.15) is 0 Å². The van der Waals surface area contributed by atoms with Crippen LogP contribution >= 0.6 is 15.6 Å². The maximum Gasteiger partial charge on any atom is 0.472 e. The molecule has 2 saturated heterocycles. The van der Waals surface area contributed by atoms with Crippen molar-refractivity contribution in [3.05, 3.63) is 0 Å². The molecule has 25 nitrogen and oxygen atoms in total. The minimum absolute atomic E-state index is 0.0571. The second-order valence-electron chi connectivity index (χ2n) is 29.0. The number of phosphoric ester groups is 2. The normalized spacial score (nSPS) is 22.6. The van der Waals surface area contributed by atoms with Gasteiger partial charge in [-0.3, -0.25) is 33.5 Å². The average Bonchev–Trinajstić information content (AvgIpc) is 0.788. The molecule has 0 aromatic carbocycles. The first kappa shape index (κ1) is 96.0. The summed E-state index contributed by atoms with van der Waals surface area (Å²) < 4.78 is 73.5. The van der Waals surface area contributed by atoms with Crippen LogP contribution in [-0.4, -0.2) is 167 Å². The van der Waals surface area contributed by atoms with Gasteiger partial charge in [0.25, 0.3) is 0 Å². The lowest BCUT2D eigenvalue weighted by Crippen LogP contribution is -2.68.